The number of esters is 1. The van der Waals surface area contributed by atoms with Crippen LogP contribution in [-0.4, -0.2) is 36.3 Å². The van der Waals surface area contributed by atoms with E-state index < -0.39 is 25.5 Å². The molecule has 0 radical (unpaired) electrons. The molecule has 172 valence electrons. The van der Waals surface area contributed by atoms with Gasteiger partial charge in [-0.15, -0.1) is 11.3 Å². The van der Waals surface area contributed by atoms with Gasteiger partial charge in [0.15, 0.2) is 16.4 Å². The van der Waals surface area contributed by atoms with Crippen molar-refractivity contribution in [3.8, 4) is 11.5 Å². The van der Waals surface area contributed by atoms with E-state index in [0.717, 1.165) is 11.3 Å². The van der Waals surface area contributed by atoms with Crippen molar-refractivity contribution in [3.63, 3.8) is 0 Å². The van der Waals surface area contributed by atoms with Crippen LogP contribution < -0.4 is 21.4 Å². The average Bonchev–Trinajstić information content (AvgIpc) is 3.28. The quantitative estimate of drug-likeness (QED) is 0.350. The molecule has 0 bridgehead atoms. The van der Waals surface area contributed by atoms with Crippen LogP contribution in [0.5, 0.6) is 0 Å². The Balaban J connectivity index is 2.40. The van der Waals surface area contributed by atoms with Gasteiger partial charge in [-0.1, -0.05) is 13.8 Å². The molecule has 10 nitrogen and oxygen atoms in total. The molecule has 12 heteroatoms. The molecule has 0 aromatic carbocycles. The third kappa shape index (κ3) is 6.56. The number of carbonyl (C=O) groups excluding carboxylic acids is 2. The van der Waals surface area contributed by atoms with E-state index in [1.807, 2.05) is 0 Å². The zero-order chi connectivity index (χ0) is 23.2. The van der Waals surface area contributed by atoms with Gasteiger partial charge in [0.05, 0.1) is 13.2 Å². The van der Waals surface area contributed by atoms with Gasteiger partial charge in [-0.3, -0.25) is 14.4 Å². The van der Waals surface area contributed by atoms with Gasteiger partial charge in [0.1, 0.15) is 11.7 Å². The molecule has 2 aromatic heterocycles. The summed E-state index contributed by atoms with van der Waals surface area (Å²) in [6.45, 7) is 9.15. The van der Waals surface area contributed by atoms with Crippen LogP contribution in [0.2, 0.25) is 0 Å². The zero-order valence-electron chi connectivity index (χ0n) is 18.3. The summed E-state index contributed by atoms with van der Waals surface area (Å²) >= 11 is 1.36. The number of aromatic nitrogens is 1. The Morgan fingerprint density at radius 2 is 1.90 bits per heavy atom. The van der Waals surface area contributed by atoms with Crippen LogP contribution in [0.15, 0.2) is 16.5 Å². The zero-order valence-corrected chi connectivity index (χ0v) is 20.0. The number of nitrogens with zero attached hydrogens (tertiary/aromatic N) is 1. The molecule has 1 amide bonds. The van der Waals surface area contributed by atoms with Crippen molar-refractivity contribution in [1.29, 1.82) is 0 Å². The smallest absolute Gasteiger partial charge is 0.413 e. The van der Waals surface area contributed by atoms with Crippen LogP contribution in [0.1, 0.15) is 39.5 Å². The number of carbonyl (C=O) groups is 2. The second-order valence-corrected chi connectivity index (χ2v) is 10.4. The van der Waals surface area contributed by atoms with Crippen molar-refractivity contribution < 1.29 is 28.0 Å². The highest BCUT2D eigenvalue weighted by Gasteiger charge is 2.35. The van der Waals surface area contributed by atoms with Gasteiger partial charge in [0.2, 0.25) is 0 Å². The van der Waals surface area contributed by atoms with E-state index in [1.54, 1.807) is 19.9 Å². The van der Waals surface area contributed by atoms with Crippen molar-refractivity contribution in [3.05, 3.63) is 17.0 Å². The maximum Gasteiger partial charge on any atom is 0.413 e. The van der Waals surface area contributed by atoms with Gasteiger partial charge in [0.25, 0.3) is 0 Å². The Labute approximate surface area is 185 Å². The molecule has 0 fully saturated rings. The number of nitrogens with one attached hydrogen (secondary N) is 2. The standard InChI is InChI=1S/C19H29N4O6PS/c1-6-27-17(24)12(5)22-30(26,23-19(25)28-7-2)15-9-8-13(29-15)16-14(10-11(3)4)31-18(20)21-16/h8-9,11-12H,6-7,10H2,1-5H3,(H2,20,21)(H2,22,23,25,26)/t12-,30?/m0/s1. The highest BCUT2D eigenvalue weighted by molar-refractivity contribution is 7.68. The van der Waals surface area contributed by atoms with Crippen LogP contribution in [0.25, 0.3) is 11.5 Å². The first-order valence-electron chi connectivity index (χ1n) is 9.95. The van der Waals surface area contributed by atoms with E-state index in [2.05, 4.69) is 29.0 Å². The molecule has 1 unspecified atom stereocenters. The summed E-state index contributed by atoms with van der Waals surface area (Å²) in [4.78, 5) is 29.4. The van der Waals surface area contributed by atoms with E-state index in [0.29, 0.717) is 22.5 Å². The summed E-state index contributed by atoms with van der Waals surface area (Å²) in [5.74, 6) is 0.110. The minimum Gasteiger partial charge on any atom is -0.465 e. The highest BCUT2D eigenvalue weighted by atomic mass is 32.1. The second kappa shape index (κ2) is 10.8. The molecule has 2 heterocycles. The van der Waals surface area contributed by atoms with Crippen LogP contribution in [0.4, 0.5) is 9.93 Å². The third-order valence-electron chi connectivity index (χ3n) is 3.98. The first kappa shape index (κ1) is 24.9. The summed E-state index contributed by atoms with van der Waals surface area (Å²) < 4.78 is 29.3. The number of anilines is 1. The molecule has 0 aliphatic heterocycles. The van der Waals surface area contributed by atoms with Gasteiger partial charge in [0, 0.05) is 4.88 Å². The van der Waals surface area contributed by atoms with Crippen LogP contribution in [-0.2, 0) is 25.3 Å². The number of hydrogen-bond donors (Lipinski definition) is 3. The fourth-order valence-corrected chi connectivity index (χ4v) is 5.57. The van der Waals surface area contributed by atoms with Crippen molar-refractivity contribution in [2.75, 3.05) is 18.9 Å². The number of nitrogens with two attached hydrogens (primary N) is 1. The molecule has 0 saturated heterocycles. The number of amides is 1. The summed E-state index contributed by atoms with van der Waals surface area (Å²) in [6.07, 6.45) is -0.164. The number of ether oxygens (including phenoxy) is 2. The third-order valence-corrected chi connectivity index (χ3v) is 7.00. The van der Waals surface area contributed by atoms with Gasteiger partial charge < -0.3 is 19.6 Å². The number of furan rings is 1. The topological polar surface area (TPSA) is 146 Å². The Morgan fingerprint density at radius 3 is 2.52 bits per heavy atom. The van der Waals surface area contributed by atoms with Crippen LogP contribution in [0.3, 0.4) is 0 Å². The fourth-order valence-electron chi connectivity index (χ4n) is 2.73. The van der Waals surface area contributed by atoms with E-state index >= 15 is 0 Å². The van der Waals surface area contributed by atoms with E-state index in [4.69, 9.17) is 19.6 Å². The van der Waals surface area contributed by atoms with Gasteiger partial charge in [-0.2, -0.15) is 0 Å². The number of nitrogen functional groups attached to an aromatic ring is 1. The summed E-state index contributed by atoms with van der Waals surface area (Å²) in [7, 11) is -3.92. The lowest BCUT2D eigenvalue weighted by Gasteiger charge is -2.21. The highest BCUT2D eigenvalue weighted by Crippen LogP contribution is 2.39. The predicted octanol–water partition coefficient (Wildman–Crippen LogP) is 3.29. The lowest BCUT2D eigenvalue weighted by Crippen LogP contribution is -2.41. The minimum absolute atomic E-state index is 0.0613. The summed E-state index contributed by atoms with van der Waals surface area (Å²) in [5.41, 5.74) is 6.38. The molecule has 0 aliphatic carbocycles. The van der Waals surface area contributed by atoms with Crippen LogP contribution >= 0.6 is 18.8 Å². The normalized spacial score (nSPS) is 14.1. The number of thiazole rings is 1. The molecular formula is C19H29N4O6PS. The molecule has 0 saturated carbocycles. The molecule has 4 N–H and O–H groups in total. The fraction of sp³-hybridized carbons (Fsp3) is 0.526. The summed E-state index contributed by atoms with van der Waals surface area (Å²) in [5, 5.41) is 5.32. The van der Waals surface area contributed by atoms with E-state index in [-0.39, 0.29) is 18.7 Å². The predicted molar refractivity (Wildman–Crippen MR) is 119 cm³/mol. The lowest BCUT2D eigenvalue weighted by atomic mass is 10.1. The average molecular weight is 473 g/mol. The second-order valence-electron chi connectivity index (χ2n) is 7.10. The Hall–Kier alpha value is -2.36. The van der Waals surface area contributed by atoms with Gasteiger partial charge in [-0.25, -0.2) is 14.9 Å². The first-order valence-corrected chi connectivity index (χ1v) is 12.5. The first-order chi connectivity index (χ1) is 14.6. The molecular weight excluding hydrogens is 443 g/mol. The minimum atomic E-state index is -3.92. The van der Waals surface area contributed by atoms with Gasteiger partial charge >= 0.3 is 19.5 Å². The van der Waals surface area contributed by atoms with E-state index in [9.17, 15) is 14.2 Å². The Morgan fingerprint density at radius 1 is 1.23 bits per heavy atom. The number of hydrogen-bond acceptors (Lipinski definition) is 9. The number of rotatable bonds is 10. The molecule has 2 aromatic rings. The molecule has 0 spiro atoms. The van der Waals surface area contributed by atoms with Crippen LogP contribution in [0, 0.1) is 5.92 Å². The molecule has 2 rings (SSSR count). The molecule has 2 atom stereocenters. The molecule has 0 aliphatic rings. The van der Waals surface area contributed by atoms with Crippen molar-refractivity contribution in [2.45, 2.75) is 47.1 Å². The Kier molecular flexibility index (Phi) is 8.67. The van der Waals surface area contributed by atoms with Gasteiger partial charge in [-0.05, 0) is 45.2 Å². The maximum absolute atomic E-state index is 13.7. The SMILES string of the molecule is CCOC(=O)NP(=O)(N[C@@H](C)C(=O)OCC)c1ccc(-c2nc(N)sc2CC(C)C)o1. The monoisotopic (exact) mass is 472 g/mol. The molecule has 31 heavy (non-hydrogen) atoms. The van der Waals surface area contributed by atoms with Crippen molar-refractivity contribution in [1.82, 2.24) is 15.2 Å². The lowest BCUT2D eigenvalue weighted by molar-refractivity contribution is -0.144. The van der Waals surface area contributed by atoms with Crippen molar-refractivity contribution >= 4 is 41.5 Å². The summed E-state index contributed by atoms with van der Waals surface area (Å²) in [6, 6.07) is 2.08. The van der Waals surface area contributed by atoms with E-state index in [1.165, 1.54) is 24.3 Å². The maximum atomic E-state index is 13.7. The largest absolute Gasteiger partial charge is 0.465 e. The Bertz CT molecular complexity index is 957. The van der Waals surface area contributed by atoms with Crippen molar-refractivity contribution in [2.24, 2.45) is 5.92 Å².